The number of nitrogens with zero attached hydrogens (tertiary/aromatic N) is 3. The summed E-state index contributed by atoms with van der Waals surface area (Å²) in [6.07, 6.45) is 0.763. The van der Waals surface area contributed by atoms with Gasteiger partial charge in [0.1, 0.15) is 11.4 Å². The molecule has 1 N–H and O–H groups in total. The molecule has 0 bridgehead atoms. The van der Waals surface area contributed by atoms with Crippen molar-refractivity contribution in [2.24, 2.45) is 0 Å². The van der Waals surface area contributed by atoms with Crippen molar-refractivity contribution in [3.05, 3.63) is 35.7 Å². The van der Waals surface area contributed by atoms with Gasteiger partial charge in [-0.1, -0.05) is 12.1 Å². The lowest BCUT2D eigenvalue weighted by molar-refractivity contribution is 0.111. The first-order chi connectivity index (χ1) is 9.24. The molecule has 0 fully saturated rings. The number of nitrogens with one attached hydrogen (secondary N) is 1. The summed E-state index contributed by atoms with van der Waals surface area (Å²) in [4.78, 5) is 19.7. The summed E-state index contributed by atoms with van der Waals surface area (Å²) < 4.78 is 6.87. The number of benzene rings is 1. The third kappa shape index (κ3) is 1.69. The minimum absolute atomic E-state index is 0.473. The average Bonchev–Trinajstić information content (AvgIpc) is 2.95. The molecule has 6 nitrogen and oxygen atoms in total. The van der Waals surface area contributed by atoms with Crippen LogP contribution in [0.15, 0.2) is 24.3 Å². The van der Waals surface area contributed by atoms with Gasteiger partial charge in [-0.25, -0.2) is 9.50 Å². The predicted octanol–water partition coefficient (Wildman–Crippen LogP) is 1.85. The number of fused-ring (bicyclic) bond motifs is 1. The Balaban J connectivity index is 2.21. The van der Waals surface area contributed by atoms with Gasteiger partial charge in [0.25, 0.3) is 5.78 Å². The quantitative estimate of drug-likeness (QED) is 0.726. The second-order valence-corrected chi connectivity index (χ2v) is 4.11. The molecule has 0 radical (unpaired) electrons. The van der Waals surface area contributed by atoms with Crippen molar-refractivity contribution in [2.75, 3.05) is 7.11 Å². The molecule has 19 heavy (non-hydrogen) atoms. The molecule has 0 amide bonds. The Morgan fingerprint density at radius 3 is 2.84 bits per heavy atom. The van der Waals surface area contributed by atoms with Crippen LogP contribution in [0.25, 0.3) is 17.2 Å². The molecule has 0 unspecified atom stereocenters. The van der Waals surface area contributed by atoms with E-state index in [2.05, 4.69) is 15.1 Å². The number of aryl methyl sites for hydroxylation is 1. The van der Waals surface area contributed by atoms with Gasteiger partial charge < -0.3 is 4.74 Å². The van der Waals surface area contributed by atoms with E-state index in [1.54, 1.807) is 18.5 Å². The largest absolute Gasteiger partial charge is 0.496 e. The topological polar surface area (TPSA) is 72.3 Å². The van der Waals surface area contributed by atoms with Crippen LogP contribution in [0.1, 0.15) is 16.2 Å². The Morgan fingerprint density at radius 1 is 1.32 bits per heavy atom. The van der Waals surface area contributed by atoms with E-state index in [0.717, 1.165) is 11.8 Å². The molecule has 2 heterocycles. The number of rotatable bonds is 3. The van der Waals surface area contributed by atoms with E-state index in [0.29, 0.717) is 28.7 Å². The number of methoxy groups -OCH3 is 1. The van der Waals surface area contributed by atoms with Crippen molar-refractivity contribution in [3.63, 3.8) is 0 Å². The zero-order chi connectivity index (χ0) is 13.4. The fraction of sp³-hybridized carbons (Fsp3) is 0.154. The molecule has 0 aliphatic carbocycles. The average molecular weight is 256 g/mol. The SMILES string of the molecule is COc1ccccc1-c1nc2nc(C)c(C=O)n2[nH]1. The first-order valence-electron chi connectivity index (χ1n) is 5.78. The van der Waals surface area contributed by atoms with E-state index in [4.69, 9.17) is 4.74 Å². The molecule has 3 rings (SSSR count). The van der Waals surface area contributed by atoms with Crippen LogP contribution in [0.3, 0.4) is 0 Å². The minimum atomic E-state index is 0.473. The maximum absolute atomic E-state index is 11.0. The second kappa shape index (κ2) is 4.24. The standard InChI is InChI=1S/C13H12N4O2/c1-8-10(7-18)17-13(14-8)15-12(16-17)9-5-3-4-6-11(9)19-2/h3-7H,1-2H3,(H,14,15,16). The number of hydrogen-bond donors (Lipinski definition) is 1. The third-order valence-electron chi connectivity index (χ3n) is 2.98. The zero-order valence-corrected chi connectivity index (χ0v) is 10.5. The van der Waals surface area contributed by atoms with Crippen molar-refractivity contribution in [1.29, 1.82) is 0 Å². The number of carbonyl (C=O) groups is 1. The first-order valence-corrected chi connectivity index (χ1v) is 5.78. The monoisotopic (exact) mass is 256 g/mol. The fourth-order valence-electron chi connectivity index (χ4n) is 2.04. The highest BCUT2D eigenvalue weighted by atomic mass is 16.5. The molecule has 0 aliphatic rings. The fourth-order valence-corrected chi connectivity index (χ4v) is 2.04. The maximum Gasteiger partial charge on any atom is 0.251 e. The van der Waals surface area contributed by atoms with Crippen molar-refractivity contribution in [3.8, 4) is 17.1 Å². The van der Waals surface area contributed by atoms with Crippen LogP contribution in [0.2, 0.25) is 0 Å². The van der Waals surface area contributed by atoms with Crippen molar-refractivity contribution in [2.45, 2.75) is 6.92 Å². The molecule has 1 aromatic carbocycles. The lowest BCUT2D eigenvalue weighted by Gasteiger charge is -2.04. The summed E-state index contributed by atoms with van der Waals surface area (Å²) >= 11 is 0. The van der Waals surface area contributed by atoms with Crippen LogP contribution < -0.4 is 4.74 Å². The number of H-pyrrole nitrogens is 1. The van der Waals surface area contributed by atoms with Crippen molar-refractivity contribution in [1.82, 2.24) is 19.6 Å². The predicted molar refractivity (Wildman–Crippen MR) is 69.5 cm³/mol. The number of aromatic nitrogens is 4. The normalized spacial score (nSPS) is 10.8. The molecule has 0 saturated carbocycles. The van der Waals surface area contributed by atoms with Crippen molar-refractivity contribution >= 4 is 12.1 Å². The van der Waals surface area contributed by atoms with Crippen LogP contribution in [0.4, 0.5) is 0 Å². The number of ether oxygens (including phenoxy) is 1. The van der Waals surface area contributed by atoms with Crippen molar-refractivity contribution < 1.29 is 9.53 Å². The van der Waals surface area contributed by atoms with Gasteiger partial charge in [0.15, 0.2) is 12.1 Å². The highest BCUT2D eigenvalue weighted by Gasteiger charge is 2.15. The van der Waals surface area contributed by atoms with Gasteiger partial charge in [0.2, 0.25) is 0 Å². The molecule has 2 aromatic heterocycles. The number of imidazole rings is 1. The highest BCUT2D eigenvalue weighted by Crippen LogP contribution is 2.27. The summed E-state index contributed by atoms with van der Waals surface area (Å²) in [5, 5.41) is 3.06. The number of hydrogen-bond acceptors (Lipinski definition) is 4. The van der Waals surface area contributed by atoms with Crippen LogP contribution in [-0.2, 0) is 0 Å². The second-order valence-electron chi connectivity index (χ2n) is 4.11. The van der Waals surface area contributed by atoms with Crippen LogP contribution in [0, 0.1) is 6.92 Å². The summed E-state index contributed by atoms with van der Waals surface area (Å²) in [5.74, 6) is 1.80. The Kier molecular flexibility index (Phi) is 2.56. The van der Waals surface area contributed by atoms with Gasteiger partial charge in [-0.2, -0.15) is 4.98 Å². The molecule has 96 valence electrons. The number of carbonyl (C=O) groups excluding carboxylic acids is 1. The van der Waals surface area contributed by atoms with Crippen LogP contribution >= 0.6 is 0 Å². The van der Waals surface area contributed by atoms with Gasteiger partial charge in [-0.05, 0) is 19.1 Å². The Labute approximate surface area is 109 Å². The highest BCUT2D eigenvalue weighted by molar-refractivity contribution is 5.76. The zero-order valence-electron chi connectivity index (χ0n) is 10.5. The molecular formula is C13H12N4O2. The molecule has 6 heteroatoms. The van der Waals surface area contributed by atoms with E-state index in [1.807, 2.05) is 24.3 Å². The minimum Gasteiger partial charge on any atom is -0.496 e. The summed E-state index contributed by atoms with van der Waals surface area (Å²) in [6, 6.07) is 7.53. The Bertz CT molecular complexity index is 757. The van der Waals surface area contributed by atoms with Gasteiger partial charge in [0.05, 0.1) is 18.4 Å². The third-order valence-corrected chi connectivity index (χ3v) is 2.98. The van der Waals surface area contributed by atoms with E-state index < -0.39 is 0 Å². The molecular weight excluding hydrogens is 244 g/mol. The summed E-state index contributed by atoms with van der Waals surface area (Å²) in [7, 11) is 1.61. The maximum atomic E-state index is 11.0. The van der Waals surface area contributed by atoms with Gasteiger partial charge in [-0.3, -0.25) is 9.89 Å². The lowest BCUT2D eigenvalue weighted by Crippen LogP contribution is -1.94. The number of aldehydes is 1. The lowest BCUT2D eigenvalue weighted by atomic mass is 10.2. The van der Waals surface area contributed by atoms with E-state index in [1.165, 1.54) is 0 Å². The first kappa shape index (κ1) is 11.5. The molecule has 3 aromatic rings. The number of aromatic amines is 1. The Morgan fingerprint density at radius 2 is 2.11 bits per heavy atom. The molecule has 0 aliphatic heterocycles. The van der Waals surface area contributed by atoms with Crippen LogP contribution in [-0.4, -0.2) is 33.0 Å². The van der Waals surface area contributed by atoms with E-state index in [9.17, 15) is 4.79 Å². The number of para-hydroxylation sites is 1. The Hall–Kier alpha value is -2.63. The van der Waals surface area contributed by atoms with Crippen LogP contribution in [0.5, 0.6) is 5.75 Å². The molecule has 0 spiro atoms. The van der Waals surface area contributed by atoms with E-state index in [-0.39, 0.29) is 0 Å². The van der Waals surface area contributed by atoms with Gasteiger partial charge >= 0.3 is 0 Å². The smallest absolute Gasteiger partial charge is 0.251 e. The molecule has 0 saturated heterocycles. The van der Waals surface area contributed by atoms with E-state index >= 15 is 0 Å². The molecule has 0 atom stereocenters. The van der Waals surface area contributed by atoms with Gasteiger partial charge in [-0.15, -0.1) is 0 Å². The summed E-state index contributed by atoms with van der Waals surface area (Å²) in [6.45, 7) is 1.77. The summed E-state index contributed by atoms with van der Waals surface area (Å²) in [5.41, 5.74) is 1.95. The van der Waals surface area contributed by atoms with Gasteiger partial charge in [0, 0.05) is 0 Å².